The lowest BCUT2D eigenvalue weighted by Crippen LogP contribution is -2.25. The van der Waals surface area contributed by atoms with Gasteiger partial charge in [0.1, 0.15) is 24.0 Å². The van der Waals surface area contributed by atoms with Crippen LogP contribution in [0.3, 0.4) is 0 Å². The van der Waals surface area contributed by atoms with Crippen molar-refractivity contribution in [3.63, 3.8) is 0 Å². The van der Waals surface area contributed by atoms with Crippen molar-refractivity contribution in [3.05, 3.63) is 204 Å². The largest absolute Gasteiger partial charge is 0.457 e. The molecule has 7 aromatic carbocycles. The molecular formula is C59H56N4O. The maximum absolute atomic E-state index is 7.01. The van der Waals surface area contributed by atoms with Crippen molar-refractivity contribution < 1.29 is 4.74 Å². The van der Waals surface area contributed by atoms with E-state index in [1.54, 1.807) is 0 Å². The minimum atomic E-state index is -0.170. The van der Waals surface area contributed by atoms with Crippen LogP contribution in [0, 0.1) is 0 Å². The lowest BCUT2D eigenvalue weighted by atomic mass is 9.78. The molecule has 0 fully saturated rings. The van der Waals surface area contributed by atoms with Crippen LogP contribution in [0.4, 0.5) is 22.7 Å². The Morgan fingerprint density at radius 1 is 0.438 bits per heavy atom. The molecule has 0 unspecified atom stereocenters. The van der Waals surface area contributed by atoms with Gasteiger partial charge < -0.3 is 14.5 Å². The van der Waals surface area contributed by atoms with Gasteiger partial charge in [-0.05, 0) is 111 Å². The van der Waals surface area contributed by atoms with Crippen molar-refractivity contribution in [2.75, 3.05) is 16.5 Å². The first-order valence-corrected chi connectivity index (χ1v) is 22.5. The molecule has 0 saturated carbocycles. The molecule has 318 valence electrons. The summed E-state index contributed by atoms with van der Waals surface area (Å²) in [6.07, 6.45) is 1.93. The van der Waals surface area contributed by atoms with Crippen molar-refractivity contribution in [3.8, 4) is 28.4 Å². The van der Waals surface area contributed by atoms with Gasteiger partial charge in [0.05, 0.1) is 22.4 Å². The summed E-state index contributed by atoms with van der Waals surface area (Å²) in [6.45, 7) is 18.9. The Kier molecular flexibility index (Phi) is 9.98. The minimum absolute atomic E-state index is 0.0171. The first kappa shape index (κ1) is 40.9. The highest BCUT2D eigenvalue weighted by atomic mass is 16.5. The predicted octanol–water partition coefficient (Wildman–Crippen LogP) is 15.8. The Labute approximate surface area is 378 Å². The van der Waals surface area contributed by atoms with Gasteiger partial charge in [0.25, 0.3) is 0 Å². The van der Waals surface area contributed by atoms with Crippen LogP contribution in [0.1, 0.15) is 77.6 Å². The van der Waals surface area contributed by atoms with E-state index in [0.717, 1.165) is 56.2 Å². The fraction of sp³-hybridized carbons (Fsp3) is 0.203. The molecule has 64 heavy (non-hydrogen) atoms. The average Bonchev–Trinajstić information content (AvgIpc) is 3.85. The molecule has 0 saturated heterocycles. The lowest BCUT2D eigenvalue weighted by Gasteiger charge is -2.28. The smallest absolute Gasteiger partial charge is 0.137 e. The van der Waals surface area contributed by atoms with E-state index in [9.17, 15) is 0 Å². The Morgan fingerprint density at radius 2 is 1.11 bits per heavy atom. The highest BCUT2D eigenvalue weighted by Crippen LogP contribution is 2.48. The molecule has 5 heteroatoms. The Hall–Kier alpha value is -7.11. The van der Waals surface area contributed by atoms with Gasteiger partial charge in [-0.1, -0.05) is 152 Å². The van der Waals surface area contributed by atoms with E-state index in [0.29, 0.717) is 6.67 Å². The summed E-state index contributed by atoms with van der Waals surface area (Å²) in [6, 6.07) is 63.6. The molecule has 0 atom stereocenters. The standard InChI is InChI=1S/C59H56N4O/c1-57(2,3)43-26-29-53-55(35-43)62(39-61(53)46-23-17-22-45(34-46)59(7,8)42-20-13-10-14-21-42)47-32-41(40-18-11-9-12-19-40)33-49(37-47)64-48-27-28-51-50-24-15-16-25-52(50)63(54(51)38-48)56-36-44(30-31-60-56)58(4,5)6/h9-38H,39H2,1-8H3. The zero-order valence-corrected chi connectivity index (χ0v) is 38.2. The second kappa shape index (κ2) is 15.6. The SMILES string of the molecule is CC(C)(C)c1ccnc(-n2c3ccccc3c3ccc(Oc4cc(-c5ccccc5)cc(N5CN(c6cccc(C(C)(C)c7ccccc7)c6)c6ccc(C(C)(C)C)cc65)c4)cc32)c1. The number of nitrogens with zero attached hydrogens (tertiary/aromatic N) is 4. The quantitative estimate of drug-likeness (QED) is 0.153. The van der Waals surface area contributed by atoms with Crippen LogP contribution < -0.4 is 14.5 Å². The molecule has 0 radical (unpaired) electrons. The molecule has 0 spiro atoms. The van der Waals surface area contributed by atoms with Crippen molar-refractivity contribution in [1.82, 2.24) is 9.55 Å². The summed E-state index contributed by atoms with van der Waals surface area (Å²) < 4.78 is 9.29. The third kappa shape index (κ3) is 7.49. The summed E-state index contributed by atoms with van der Waals surface area (Å²) >= 11 is 0. The second-order valence-electron chi connectivity index (χ2n) is 19.9. The van der Waals surface area contributed by atoms with E-state index < -0.39 is 0 Å². The fourth-order valence-electron chi connectivity index (χ4n) is 9.25. The highest BCUT2D eigenvalue weighted by molar-refractivity contribution is 6.09. The molecular weight excluding hydrogens is 781 g/mol. The number of para-hydroxylation sites is 1. The van der Waals surface area contributed by atoms with E-state index in [4.69, 9.17) is 9.72 Å². The average molecular weight is 837 g/mol. The van der Waals surface area contributed by atoms with Gasteiger partial charge in [0.15, 0.2) is 0 Å². The molecule has 3 heterocycles. The second-order valence-corrected chi connectivity index (χ2v) is 19.9. The molecule has 9 aromatic rings. The van der Waals surface area contributed by atoms with E-state index >= 15 is 0 Å². The van der Waals surface area contributed by atoms with Crippen LogP contribution in [-0.4, -0.2) is 16.2 Å². The summed E-state index contributed by atoms with van der Waals surface area (Å²) in [5.74, 6) is 2.42. The Bertz CT molecular complexity index is 3170. The zero-order valence-electron chi connectivity index (χ0n) is 38.2. The third-order valence-electron chi connectivity index (χ3n) is 13.1. The summed E-state index contributed by atoms with van der Waals surface area (Å²) in [7, 11) is 0. The molecule has 0 N–H and O–H groups in total. The van der Waals surface area contributed by atoms with Crippen LogP contribution in [0.15, 0.2) is 182 Å². The maximum Gasteiger partial charge on any atom is 0.137 e. The van der Waals surface area contributed by atoms with Crippen LogP contribution in [-0.2, 0) is 16.2 Å². The van der Waals surface area contributed by atoms with Crippen molar-refractivity contribution in [2.45, 2.75) is 71.6 Å². The number of hydrogen-bond donors (Lipinski definition) is 0. The van der Waals surface area contributed by atoms with Crippen LogP contribution >= 0.6 is 0 Å². The van der Waals surface area contributed by atoms with E-state index in [-0.39, 0.29) is 16.2 Å². The Balaban J connectivity index is 1.09. The van der Waals surface area contributed by atoms with Crippen LogP contribution in [0.25, 0.3) is 38.8 Å². The van der Waals surface area contributed by atoms with Crippen molar-refractivity contribution >= 4 is 44.6 Å². The van der Waals surface area contributed by atoms with Gasteiger partial charge in [-0.2, -0.15) is 0 Å². The fourth-order valence-corrected chi connectivity index (χ4v) is 9.25. The number of fused-ring (bicyclic) bond motifs is 4. The molecule has 0 amide bonds. The Morgan fingerprint density at radius 3 is 1.88 bits per heavy atom. The van der Waals surface area contributed by atoms with Gasteiger partial charge in [-0.15, -0.1) is 0 Å². The first-order valence-electron chi connectivity index (χ1n) is 22.5. The highest BCUT2D eigenvalue weighted by Gasteiger charge is 2.32. The number of pyridine rings is 1. The number of hydrogen-bond acceptors (Lipinski definition) is 4. The molecule has 10 rings (SSSR count). The lowest BCUT2D eigenvalue weighted by molar-refractivity contribution is 0.483. The molecule has 1 aliphatic heterocycles. The zero-order chi connectivity index (χ0) is 44.4. The van der Waals surface area contributed by atoms with Crippen LogP contribution in [0.2, 0.25) is 0 Å². The van der Waals surface area contributed by atoms with E-state index in [2.05, 4.69) is 246 Å². The van der Waals surface area contributed by atoms with Crippen molar-refractivity contribution in [1.29, 1.82) is 0 Å². The summed E-state index contributed by atoms with van der Waals surface area (Å²) in [5.41, 5.74) is 13.8. The monoisotopic (exact) mass is 836 g/mol. The summed E-state index contributed by atoms with van der Waals surface area (Å²) in [5, 5.41) is 2.34. The van der Waals surface area contributed by atoms with Gasteiger partial charge in [0, 0.05) is 45.9 Å². The number of aromatic nitrogens is 2. The summed E-state index contributed by atoms with van der Waals surface area (Å²) in [4.78, 5) is 9.83. The first-order chi connectivity index (χ1) is 30.7. The predicted molar refractivity (Wildman–Crippen MR) is 269 cm³/mol. The van der Waals surface area contributed by atoms with E-state index in [1.807, 2.05) is 6.20 Å². The normalized spacial score (nSPS) is 13.2. The molecule has 2 aromatic heterocycles. The van der Waals surface area contributed by atoms with Crippen LogP contribution in [0.5, 0.6) is 11.5 Å². The van der Waals surface area contributed by atoms with Gasteiger partial charge in [0.2, 0.25) is 0 Å². The van der Waals surface area contributed by atoms with E-state index in [1.165, 1.54) is 39.0 Å². The number of rotatable bonds is 8. The minimum Gasteiger partial charge on any atom is -0.457 e. The topological polar surface area (TPSA) is 33.5 Å². The van der Waals surface area contributed by atoms with Gasteiger partial charge in [-0.3, -0.25) is 4.57 Å². The number of anilines is 4. The number of benzene rings is 7. The van der Waals surface area contributed by atoms with Gasteiger partial charge >= 0.3 is 0 Å². The number of ether oxygens (including phenoxy) is 1. The molecule has 1 aliphatic rings. The maximum atomic E-state index is 7.01. The molecule has 0 bridgehead atoms. The molecule has 5 nitrogen and oxygen atoms in total. The molecule has 0 aliphatic carbocycles. The van der Waals surface area contributed by atoms with Crippen molar-refractivity contribution in [2.24, 2.45) is 0 Å². The van der Waals surface area contributed by atoms with Gasteiger partial charge in [-0.25, -0.2) is 4.98 Å². The third-order valence-corrected chi connectivity index (χ3v) is 13.1.